The van der Waals surface area contributed by atoms with Gasteiger partial charge in [0.25, 0.3) is 0 Å². The number of carbonyl (C=O) groups is 1. The van der Waals surface area contributed by atoms with Crippen molar-refractivity contribution in [2.45, 2.75) is 26.1 Å². The SMILES string of the molecule is O=C1CCN(c2ccc(-c3ccc(OCc4ccccc4)nc3OCc3ccccc3)cc2)CC1. The highest BCUT2D eigenvalue weighted by atomic mass is 16.5. The topological polar surface area (TPSA) is 51.7 Å². The van der Waals surface area contributed by atoms with E-state index in [9.17, 15) is 4.79 Å². The third kappa shape index (κ3) is 5.87. The summed E-state index contributed by atoms with van der Waals surface area (Å²) in [4.78, 5) is 18.5. The highest BCUT2D eigenvalue weighted by Crippen LogP contribution is 2.33. The van der Waals surface area contributed by atoms with Crippen LogP contribution in [-0.2, 0) is 18.0 Å². The zero-order valence-corrected chi connectivity index (χ0v) is 19.6. The van der Waals surface area contributed by atoms with Crippen LogP contribution in [0.3, 0.4) is 0 Å². The first kappa shape index (κ1) is 22.7. The van der Waals surface area contributed by atoms with E-state index in [-0.39, 0.29) is 0 Å². The van der Waals surface area contributed by atoms with Gasteiger partial charge in [-0.3, -0.25) is 4.79 Å². The molecule has 3 aromatic carbocycles. The van der Waals surface area contributed by atoms with Crippen LogP contribution in [0.1, 0.15) is 24.0 Å². The van der Waals surface area contributed by atoms with E-state index in [2.05, 4.69) is 29.2 Å². The molecule has 1 fully saturated rings. The fraction of sp³-hybridized carbons (Fsp3) is 0.200. The fourth-order valence-corrected chi connectivity index (χ4v) is 4.16. The highest BCUT2D eigenvalue weighted by molar-refractivity contribution is 5.81. The summed E-state index contributed by atoms with van der Waals surface area (Å²) in [6, 6.07) is 32.4. The van der Waals surface area contributed by atoms with Gasteiger partial charge in [-0.2, -0.15) is 4.98 Å². The minimum Gasteiger partial charge on any atom is -0.473 e. The van der Waals surface area contributed by atoms with Crippen LogP contribution in [0, 0.1) is 0 Å². The van der Waals surface area contributed by atoms with Crippen LogP contribution in [0.5, 0.6) is 11.8 Å². The van der Waals surface area contributed by atoms with E-state index in [0.29, 0.717) is 43.6 Å². The Morgan fingerprint density at radius 1 is 0.686 bits per heavy atom. The lowest BCUT2D eigenvalue weighted by atomic mass is 10.0. The molecule has 4 aromatic rings. The van der Waals surface area contributed by atoms with Gasteiger partial charge in [0.2, 0.25) is 11.8 Å². The molecule has 1 aromatic heterocycles. The number of piperidine rings is 1. The van der Waals surface area contributed by atoms with Crippen molar-refractivity contribution in [3.05, 3.63) is 108 Å². The first-order valence-electron chi connectivity index (χ1n) is 12.0. The summed E-state index contributed by atoms with van der Waals surface area (Å²) in [6.45, 7) is 2.42. The molecule has 0 N–H and O–H groups in total. The zero-order valence-electron chi connectivity index (χ0n) is 19.6. The lowest BCUT2D eigenvalue weighted by molar-refractivity contribution is -0.119. The second-order valence-electron chi connectivity index (χ2n) is 8.62. The Kier molecular flexibility index (Phi) is 7.04. The van der Waals surface area contributed by atoms with Gasteiger partial charge in [-0.15, -0.1) is 0 Å². The molecule has 176 valence electrons. The van der Waals surface area contributed by atoms with E-state index in [1.54, 1.807) is 0 Å². The molecule has 1 aliphatic heterocycles. The maximum Gasteiger partial charge on any atom is 0.225 e. The van der Waals surface area contributed by atoms with Gasteiger partial charge in [-0.05, 0) is 34.9 Å². The molecule has 2 heterocycles. The number of ether oxygens (including phenoxy) is 2. The summed E-state index contributed by atoms with van der Waals surface area (Å²) >= 11 is 0. The number of anilines is 1. The van der Waals surface area contributed by atoms with E-state index in [1.165, 1.54) is 0 Å². The summed E-state index contributed by atoms with van der Waals surface area (Å²) in [6.07, 6.45) is 1.24. The molecule has 0 radical (unpaired) electrons. The Morgan fingerprint density at radius 3 is 1.91 bits per heavy atom. The van der Waals surface area contributed by atoms with Crippen LogP contribution in [-0.4, -0.2) is 23.9 Å². The summed E-state index contributed by atoms with van der Waals surface area (Å²) in [5, 5.41) is 0. The van der Waals surface area contributed by atoms with Crippen molar-refractivity contribution in [3.8, 4) is 22.9 Å². The van der Waals surface area contributed by atoms with Gasteiger partial charge in [0.15, 0.2) is 0 Å². The molecule has 0 spiro atoms. The Morgan fingerprint density at radius 2 is 1.29 bits per heavy atom. The van der Waals surface area contributed by atoms with Crippen LogP contribution in [0.25, 0.3) is 11.1 Å². The average molecular weight is 465 g/mol. The smallest absolute Gasteiger partial charge is 0.225 e. The van der Waals surface area contributed by atoms with Crippen molar-refractivity contribution < 1.29 is 14.3 Å². The summed E-state index contributed by atoms with van der Waals surface area (Å²) in [7, 11) is 0. The predicted molar refractivity (Wildman–Crippen MR) is 138 cm³/mol. The predicted octanol–water partition coefficient (Wildman–Crippen LogP) is 6.08. The number of benzene rings is 3. The molecule has 0 amide bonds. The number of hydrogen-bond acceptors (Lipinski definition) is 5. The van der Waals surface area contributed by atoms with Gasteiger partial charge in [-0.25, -0.2) is 0 Å². The zero-order chi connectivity index (χ0) is 23.9. The van der Waals surface area contributed by atoms with E-state index in [0.717, 1.165) is 41.0 Å². The normalized spacial score (nSPS) is 13.5. The van der Waals surface area contributed by atoms with Crippen LogP contribution in [0.2, 0.25) is 0 Å². The molecular weight excluding hydrogens is 436 g/mol. The fourth-order valence-electron chi connectivity index (χ4n) is 4.16. The molecular formula is C30H28N2O3. The van der Waals surface area contributed by atoms with E-state index in [4.69, 9.17) is 14.5 Å². The molecule has 0 unspecified atom stereocenters. The number of ketones is 1. The summed E-state index contributed by atoms with van der Waals surface area (Å²) < 4.78 is 12.1. The standard InChI is InChI=1S/C30H28N2O3/c33-27-17-19-32(20-18-27)26-13-11-25(12-14-26)28-15-16-29(34-21-23-7-3-1-4-8-23)31-30(28)35-22-24-9-5-2-6-10-24/h1-16H,17-22H2. The Hall–Kier alpha value is -4.12. The molecule has 0 aliphatic carbocycles. The minimum absolute atomic E-state index is 0.346. The third-order valence-electron chi connectivity index (χ3n) is 6.15. The van der Waals surface area contributed by atoms with E-state index < -0.39 is 0 Å². The van der Waals surface area contributed by atoms with E-state index in [1.807, 2.05) is 72.8 Å². The molecule has 5 rings (SSSR count). The van der Waals surface area contributed by atoms with Gasteiger partial charge in [0.1, 0.15) is 19.0 Å². The maximum absolute atomic E-state index is 11.6. The molecule has 35 heavy (non-hydrogen) atoms. The van der Waals surface area contributed by atoms with Crippen molar-refractivity contribution in [3.63, 3.8) is 0 Å². The molecule has 5 nitrogen and oxygen atoms in total. The number of hydrogen-bond donors (Lipinski definition) is 0. The Balaban J connectivity index is 1.37. The Bertz CT molecular complexity index is 1250. The van der Waals surface area contributed by atoms with Crippen molar-refractivity contribution in [1.29, 1.82) is 0 Å². The van der Waals surface area contributed by atoms with Crippen molar-refractivity contribution in [1.82, 2.24) is 4.98 Å². The number of pyridine rings is 1. The molecule has 0 bridgehead atoms. The van der Waals surface area contributed by atoms with Gasteiger partial charge in [0, 0.05) is 43.2 Å². The molecule has 5 heteroatoms. The summed E-state index contributed by atoms with van der Waals surface area (Å²) in [5.41, 5.74) is 5.22. The second kappa shape index (κ2) is 10.9. The molecule has 1 saturated heterocycles. The monoisotopic (exact) mass is 464 g/mol. The van der Waals surface area contributed by atoms with Crippen LogP contribution < -0.4 is 14.4 Å². The Labute approximate surface area is 206 Å². The average Bonchev–Trinajstić information content (AvgIpc) is 2.92. The first-order valence-corrected chi connectivity index (χ1v) is 12.0. The molecule has 1 aliphatic rings. The lowest BCUT2D eigenvalue weighted by Gasteiger charge is -2.28. The summed E-state index contributed by atoms with van der Waals surface area (Å²) in [5.74, 6) is 1.41. The first-order chi connectivity index (χ1) is 17.2. The van der Waals surface area contributed by atoms with Crippen LogP contribution in [0.15, 0.2) is 97.1 Å². The van der Waals surface area contributed by atoms with Crippen molar-refractivity contribution >= 4 is 11.5 Å². The van der Waals surface area contributed by atoms with E-state index >= 15 is 0 Å². The maximum atomic E-state index is 11.6. The highest BCUT2D eigenvalue weighted by Gasteiger charge is 2.17. The van der Waals surface area contributed by atoms with Gasteiger partial charge >= 0.3 is 0 Å². The van der Waals surface area contributed by atoms with Crippen LogP contribution >= 0.6 is 0 Å². The van der Waals surface area contributed by atoms with Gasteiger partial charge < -0.3 is 14.4 Å². The number of Topliss-reactive ketones (excluding diaryl/α,β-unsaturated/α-hetero) is 1. The number of nitrogens with zero attached hydrogens (tertiary/aromatic N) is 2. The van der Waals surface area contributed by atoms with Crippen LogP contribution in [0.4, 0.5) is 5.69 Å². The minimum atomic E-state index is 0.346. The van der Waals surface area contributed by atoms with Crippen molar-refractivity contribution in [2.75, 3.05) is 18.0 Å². The third-order valence-corrected chi connectivity index (χ3v) is 6.15. The quantitative estimate of drug-likeness (QED) is 0.316. The number of rotatable bonds is 8. The van der Waals surface area contributed by atoms with Gasteiger partial charge in [-0.1, -0.05) is 72.8 Å². The molecule has 0 atom stereocenters. The number of carbonyl (C=O) groups excluding carboxylic acids is 1. The molecule has 0 saturated carbocycles. The lowest BCUT2D eigenvalue weighted by Crippen LogP contribution is -2.33. The van der Waals surface area contributed by atoms with Crippen molar-refractivity contribution in [2.24, 2.45) is 0 Å². The number of aromatic nitrogens is 1. The largest absolute Gasteiger partial charge is 0.473 e. The van der Waals surface area contributed by atoms with Gasteiger partial charge in [0.05, 0.1) is 0 Å². The second-order valence-corrected chi connectivity index (χ2v) is 8.62.